The van der Waals surface area contributed by atoms with Crippen LogP contribution in [0.5, 0.6) is 0 Å². The second kappa shape index (κ2) is 18.8. The van der Waals surface area contributed by atoms with Gasteiger partial charge in [0.05, 0.1) is 66.1 Å². The molecule has 0 aliphatic heterocycles. The van der Waals surface area contributed by atoms with Crippen LogP contribution < -0.4 is 0 Å². The van der Waals surface area contributed by atoms with Gasteiger partial charge in [0.2, 0.25) is 0 Å². The Balaban J connectivity index is 3.01. The minimum Gasteiger partial charge on any atom is -0.464 e. The Labute approximate surface area is 140 Å². The fraction of sp³-hybridized carbons (Fsp3) is 0.929. The number of alkyl halides is 1. The third kappa shape index (κ3) is 17.8. The Hall–Kier alpha value is -0.250. The molecule has 0 radical (unpaired) electrons. The van der Waals surface area contributed by atoms with E-state index in [0.29, 0.717) is 66.1 Å². The molecule has 8 heteroatoms. The van der Waals surface area contributed by atoms with Gasteiger partial charge in [-0.25, -0.2) is 4.79 Å². The van der Waals surface area contributed by atoms with Gasteiger partial charge in [0.1, 0.15) is 6.61 Å². The fourth-order valence-corrected chi connectivity index (χ4v) is 1.52. The largest absolute Gasteiger partial charge is 0.464 e. The van der Waals surface area contributed by atoms with Crippen molar-refractivity contribution in [3.8, 4) is 0 Å². The molecule has 0 N–H and O–H groups in total. The maximum Gasteiger partial charge on any atom is 0.332 e. The third-order valence-electron chi connectivity index (χ3n) is 2.23. The Morgan fingerprint density at radius 2 is 1.14 bits per heavy atom. The quantitative estimate of drug-likeness (QED) is 0.210. The van der Waals surface area contributed by atoms with E-state index in [4.69, 9.17) is 28.4 Å². The van der Waals surface area contributed by atoms with Crippen LogP contribution in [0.2, 0.25) is 0 Å². The van der Waals surface area contributed by atoms with Crippen LogP contribution >= 0.6 is 15.9 Å². The summed E-state index contributed by atoms with van der Waals surface area (Å²) in [6.45, 7) is 6.78. The number of esters is 1. The van der Waals surface area contributed by atoms with Crippen molar-refractivity contribution in [2.24, 2.45) is 0 Å². The highest BCUT2D eigenvalue weighted by molar-refractivity contribution is 9.09. The van der Waals surface area contributed by atoms with Crippen molar-refractivity contribution >= 4 is 21.9 Å². The first-order valence-electron chi connectivity index (χ1n) is 7.41. The van der Waals surface area contributed by atoms with E-state index in [2.05, 4.69) is 15.9 Å². The van der Waals surface area contributed by atoms with E-state index in [9.17, 15) is 4.79 Å². The van der Waals surface area contributed by atoms with Gasteiger partial charge in [-0.1, -0.05) is 15.9 Å². The molecule has 7 nitrogen and oxygen atoms in total. The summed E-state index contributed by atoms with van der Waals surface area (Å²) in [7, 11) is 0. The van der Waals surface area contributed by atoms with E-state index in [-0.39, 0.29) is 12.6 Å². The average molecular weight is 387 g/mol. The molecule has 0 saturated carbocycles. The zero-order chi connectivity index (χ0) is 16.3. The second-order valence-corrected chi connectivity index (χ2v) is 4.79. The van der Waals surface area contributed by atoms with Crippen molar-refractivity contribution in [2.75, 3.05) is 78.0 Å². The molecule has 0 spiro atoms. The zero-order valence-corrected chi connectivity index (χ0v) is 14.8. The smallest absolute Gasteiger partial charge is 0.332 e. The predicted molar refractivity (Wildman–Crippen MR) is 84.5 cm³/mol. The van der Waals surface area contributed by atoms with Gasteiger partial charge in [-0.15, -0.1) is 0 Å². The highest BCUT2D eigenvalue weighted by atomic mass is 79.9. The summed E-state index contributed by atoms with van der Waals surface area (Å²) >= 11 is 3.27. The SMILES string of the molecule is CCOC(=O)COCCOCCOCCOCCOCCBr. The van der Waals surface area contributed by atoms with Crippen LogP contribution in [0.25, 0.3) is 0 Å². The van der Waals surface area contributed by atoms with Gasteiger partial charge in [0, 0.05) is 5.33 Å². The van der Waals surface area contributed by atoms with E-state index in [1.807, 2.05) is 0 Å². The van der Waals surface area contributed by atoms with Crippen molar-refractivity contribution < 1.29 is 33.2 Å². The number of hydrogen-bond donors (Lipinski definition) is 0. The summed E-state index contributed by atoms with van der Waals surface area (Å²) in [4.78, 5) is 10.9. The van der Waals surface area contributed by atoms with Crippen LogP contribution in [0.4, 0.5) is 0 Å². The van der Waals surface area contributed by atoms with Crippen molar-refractivity contribution in [3.63, 3.8) is 0 Å². The first kappa shape index (κ1) is 21.8. The highest BCUT2D eigenvalue weighted by Crippen LogP contribution is 1.86. The maximum absolute atomic E-state index is 10.9. The number of hydrogen-bond acceptors (Lipinski definition) is 7. The van der Waals surface area contributed by atoms with E-state index >= 15 is 0 Å². The molecule has 0 rings (SSSR count). The molecule has 0 aliphatic carbocycles. The molecule has 22 heavy (non-hydrogen) atoms. The van der Waals surface area contributed by atoms with Crippen molar-refractivity contribution in [3.05, 3.63) is 0 Å². The molecule has 0 aromatic carbocycles. The van der Waals surface area contributed by atoms with Crippen LogP contribution in [0.1, 0.15) is 6.92 Å². The summed E-state index contributed by atoms with van der Waals surface area (Å²) < 4.78 is 30.9. The lowest BCUT2D eigenvalue weighted by atomic mass is 10.6. The van der Waals surface area contributed by atoms with Crippen LogP contribution in [-0.2, 0) is 33.2 Å². The van der Waals surface area contributed by atoms with Gasteiger partial charge in [-0.3, -0.25) is 0 Å². The van der Waals surface area contributed by atoms with E-state index in [0.717, 1.165) is 5.33 Å². The van der Waals surface area contributed by atoms with Gasteiger partial charge in [0.15, 0.2) is 0 Å². The fourth-order valence-electron chi connectivity index (χ4n) is 1.29. The lowest BCUT2D eigenvalue weighted by Crippen LogP contribution is -2.16. The molecule has 0 atom stereocenters. The van der Waals surface area contributed by atoms with Crippen molar-refractivity contribution in [2.45, 2.75) is 6.92 Å². The average Bonchev–Trinajstić information content (AvgIpc) is 2.51. The molecule has 0 aliphatic rings. The van der Waals surface area contributed by atoms with Crippen LogP contribution in [0.15, 0.2) is 0 Å². The lowest BCUT2D eigenvalue weighted by Gasteiger charge is -2.07. The summed E-state index contributed by atoms with van der Waals surface area (Å²) in [6.07, 6.45) is 0. The monoisotopic (exact) mass is 386 g/mol. The van der Waals surface area contributed by atoms with Gasteiger partial charge in [0.25, 0.3) is 0 Å². The minimum atomic E-state index is -0.358. The summed E-state index contributed by atoms with van der Waals surface area (Å²) in [5.74, 6) is -0.358. The number of carbonyl (C=O) groups excluding carboxylic acids is 1. The molecule has 0 fully saturated rings. The molecular formula is C14H27BrO7. The Bertz CT molecular complexity index is 241. The third-order valence-corrected chi connectivity index (χ3v) is 2.56. The van der Waals surface area contributed by atoms with Gasteiger partial charge in [-0.05, 0) is 6.92 Å². The molecule has 132 valence electrons. The molecular weight excluding hydrogens is 360 g/mol. The zero-order valence-electron chi connectivity index (χ0n) is 13.2. The van der Waals surface area contributed by atoms with Crippen molar-refractivity contribution in [1.82, 2.24) is 0 Å². The Morgan fingerprint density at radius 3 is 1.55 bits per heavy atom. The van der Waals surface area contributed by atoms with Gasteiger partial charge in [-0.2, -0.15) is 0 Å². The molecule has 0 heterocycles. The van der Waals surface area contributed by atoms with Crippen molar-refractivity contribution in [1.29, 1.82) is 0 Å². The molecule has 0 bridgehead atoms. The van der Waals surface area contributed by atoms with Gasteiger partial charge >= 0.3 is 5.97 Å². The topological polar surface area (TPSA) is 72.5 Å². The van der Waals surface area contributed by atoms with Gasteiger partial charge < -0.3 is 28.4 Å². The highest BCUT2D eigenvalue weighted by Gasteiger charge is 2.00. The van der Waals surface area contributed by atoms with E-state index in [1.165, 1.54) is 0 Å². The normalized spacial score (nSPS) is 10.8. The van der Waals surface area contributed by atoms with Crippen LogP contribution in [0.3, 0.4) is 0 Å². The molecule has 0 unspecified atom stereocenters. The Kier molecular flexibility index (Phi) is 18.6. The molecule has 0 amide bonds. The van der Waals surface area contributed by atoms with E-state index in [1.54, 1.807) is 6.92 Å². The van der Waals surface area contributed by atoms with E-state index < -0.39 is 0 Å². The summed E-state index contributed by atoms with van der Waals surface area (Å²) in [6, 6.07) is 0. The summed E-state index contributed by atoms with van der Waals surface area (Å²) in [5, 5.41) is 0.837. The van der Waals surface area contributed by atoms with Crippen LogP contribution in [-0.4, -0.2) is 84.0 Å². The predicted octanol–water partition coefficient (Wildman–Crippen LogP) is 1.03. The van der Waals surface area contributed by atoms with Crippen LogP contribution in [0, 0.1) is 0 Å². The molecule has 0 saturated heterocycles. The lowest BCUT2D eigenvalue weighted by molar-refractivity contribution is -0.149. The first-order chi connectivity index (χ1) is 10.8. The first-order valence-corrected chi connectivity index (χ1v) is 8.53. The standard InChI is InChI=1S/C14H27BrO7/c1-2-22-14(16)13-21-12-11-20-10-9-19-8-7-18-6-5-17-4-3-15/h2-13H2,1H3. The molecule has 0 aromatic rings. The Morgan fingerprint density at radius 1 is 0.727 bits per heavy atom. The minimum absolute atomic E-state index is 0.0373. The number of ether oxygens (including phenoxy) is 6. The summed E-state index contributed by atoms with van der Waals surface area (Å²) in [5.41, 5.74) is 0. The second-order valence-electron chi connectivity index (χ2n) is 4.00. The maximum atomic E-state index is 10.9. The number of rotatable bonds is 17. The number of halogens is 1. The molecule has 0 aromatic heterocycles. The number of carbonyl (C=O) groups is 1.